The van der Waals surface area contributed by atoms with Gasteiger partial charge in [-0.3, -0.25) is 4.68 Å². The van der Waals surface area contributed by atoms with Crippen LogP contribution < -0.4 is 5.32 Å². The average molecular weight is 282 g/mol. The van der Waals surface area contributed by atoms with Crippen molar-refractivity contribution in [1.82, 2.24) is 14.8 Å². The second kappa shape index (κ2) is 4.81. The van der Waals surface area contributed by atoms with Crippen LogP contribution in [0.5, 0.6) is 0 Å². The summed E-state index contributed by atoms with van der Waals surface area (Å²) in [6.45, 7) is 0.703. The highest BCUT2D eigenvalue weighted by atomic mass is 19.4. The fraction of sp³-hybridized carbons (Fsp3) is 0.385. The van der Waals surface area contributed by atoms with Crippen LogP contribution in [-0.4, -0.2) is 20.8 Å². The quantitative estimate of drug-likeness (QED) is 0.921. The van der Waals surface area contributed by atoms with Gasteiger partial charge in [0.15, 0.2) is 0 Å². The number of alkyl halides is 3. The van der Waals surface area contributed by atoms with Crippen molar-refractivity contribution >= 4 is 5.82 Å². The maximum atomic E-state index is 12.9. The number of pyridine rings is 1. The molecule has 7 heteroatoms. The summed E-state index contributed by atoms with van der Waals surface area (Å²) < 4.78 is 40.6. The Bertz CT molecular complexity index is 606. The lowest BCUT2D eigenvalue weighted by Crippen LogP contribution is -2.31. The number of aromatic nitrogens is 3. The Hall–Kier alpha value is -2.05. The lowest BCUT2D eigenvalue weighted by Gasteiger charge is -2.25. The molecule has 3 heterocycles. The van der Waals surface area contributed by atoms with Crippen LogP contribution in [0.1, 0.15) is 17.7 Å². The van der Waals surface area contributed by atoms with Crippen LogP contribution in [0.25, 0.3) is 0 Å². The minimum absolute atomic E-state index is 0.0600. The number of hydrogen-bond donors (Lipinski definition) is 1. The molecule has 2 aromatic heterocycles. The van der Waals surface area contributed by atoms with Gasteiger partial charge in [-0.1, -0.05) is 0 Å². The van der Waals surface area contributed by atoms with E-state index in [2.05, 4.69) is 15.4 Å². The van der Waals surface area contributed by atoms with Gasteiger partial charge in [0, 0.05) is 37.1 Å². The molecule has 3 rings (SSSR count). The molecule has 1 unspecified atom stereocenters. The molecule has 0 radical (unpaired) electrons. The molecule has 0 bridgehead atoms. The molecule has 0 fully saturated rings. The largest absolute Gasteiger partial charge is 0.419 e. The number of nitrogens with one attached hydrogen (secondary N) is 1. The summed E-state index contributed by atoms with van der Waals surface area (Å²) in [5.41, 5.74) is 0.303. The molecule has 1 aliphatic heterocycles. The van der Waals surface area contributed by atoms with Crippen molar-refractivity contribution in [1.29, 1.82) is 0 Å². The van der Waals surface area contributed by atoms with Gasteiger partial charge in [-0.25, -0.2) is 4.98 Å². The second-order valence-electron chi connectivity index (χ2n) is 4.78. The number of halogens is 3. The molecule has 0 amide bonds. The molecule has 0 saturated heterocycles. The first-order valence-electron chi connectivity index (χ1n) is 6.33. The van der Waals surface area contributed by atoms with Gasteiger partial charge < -0.3 is 5.32 Å². The van der Waals surface area contributed by atoms with Gasteiger partial charge in [0.1, 0.15) is 5.82 Å². The average Bonchev–Trinajstić information content (AvgIpc) is 2.85. The summed E-state index contributed by atoms with van der Waals surface area (Å²) in [6, 6.07) is 4.17. The fourth-order valence-electron chi connectivity index (χ4n) is 2.43. The Balaban J connectivity index is 1.80. The highest BCUT2D eigenvalue weighted by Gasteiger charge is 2.34. The summed E-state index contributed by atoms with van der Waals surface area (Å²) in [7, 11) is 0. The molecular formula is C13H13F3N4. The minimum Gasteiger partial charge on any atom is -0.366 e. The standard InChI is InChI=1S/C13H13F3N4/c14-13(15,16)11-2-1-5-17-12(11)19-9-4-7-20-10(8-9)3-6-18-20/h1-3,5-6,9H,4,7-8H2,(H,17,19). The van der Waals surface area contributed by atoms with E-state index >= 15 is 0 Å². The molecule has 0 spiro atoms. The first kappa shape index (κ1) is 13.0. The van der Waals surface area contributed by atoms with E-state index in [1.54, 1.807) is 6.20 Å². The molecule has 1 N–H and O–H groups in total. The van der Waals surface area contributed by atoms with E-state index in [0.717, 1.165) is 18.2 Å². The first-order valence-corrected chi connectivity index (χ1v) is 6.33. The molecule has 1 atom stereocenters. The number of nitrogens with zero attached hydrogens (tertiary/aromatic N) is 3. The molecule has 2 aromatic rings. The zero-order valence-electron chi connectivity index (χ0n) is 10.6. The number of anilines is 1. The van der Waals surface area contributed by atoms with Crippen LogP contribution in [0, 0.1) is 0 Å². The number of hydrogen-bond acceptors (Lipinski definition) is 3. The highest BCUT2D eigenvalue weighted by Crippen LogP contribution is 2.34. The van der Waals surface area contributed by atoms with Crippen molar-refractivity contribution in [3.05, 3.63) is 41.9 Å². The van der Waals surface area contributed by atoms with Gasteiger partial charge in [-0.2, -0.15) is 18.3 Å². The third-order valence-corrected chi connectivity index (χ3v) is 3.40. The van der Waals surface area contributed by atoms with Crippen molar-refractivity contribution in [2.75, 3.05) is 5.32 Å². The number of fused-ring (bicyclic) bond motifs is 1. The first-order chi connectivity index (χ1) is 9.54. The minimum atomic E-state index is -4.40. The Morgan fingerprint density at radius 3 is 2.90 bits per heavy atom. The van der Waals surface area contributed by atoms with Crippen LogP contribution in [0.4, 0.5) is 19.0 Å². The van der Waals surface area contributed by atoms with Crippen molar-refractivity contribution < 1.29 is 13.2 Å². The Morgan fingerprint density at radius 1 is 1.25 bits per heavy atom. The number of aryl methyl sites for hydroxylation is 1. The Labute approximate surface area is 113 Å². The maximum absolute atomic E-state index is 12.9. The zero-order chi connectivity index (χ0) is 14.2. The molecule has 1 aliphatic rings. The van der Waals surface area contributed by atoms with Crippen molar-refractivity contribution in [3.63, 3.8) is 0 Å². The smallest absolute Gasteiger partial charge is 0.366 e. The lowest BCUT2D eigenvalue weighted by molar-refractivity contribution is -0.137. The number of rotatable bonds is 2. The molecule has 106 valence electrons. The van der Waals surface area contributed by atoms with Gasteiger partial charge >= 0.3 is 6.18 Å². The zero-order valence-corrected chi connectivity index (χ0v) is 10.6. The van der Waals surface area contributed by atoms with Gasteiger partial charge in [0.25, 0.3) is 0 Å². The summed E-state index contributed by atoms with van der Waals surface area (Å²) in [6.07, 6.45) is 0.0493. The van der Waals surface area contributed by atoms with E-state index in [9.17, 15) is 13.2 Å². The SMILES string of the molecule is FC(F)(F)c1cccnc1NC1CCn2nccc2C1. The maximum Gasteiger partial charge on any atom is 0.419 e. The Morgan fingerprint density at radius 2 is 2.10 bits per heavy atom. The predicted octanol–water partition coefficient (Wildman–Crippen LogP) is 2.72. The molecule has 0 saturated carbocycles. The molecule has 0 aromatic carbocycles. The van der Waals surface area contributed by atoms with E-state index in [1.165, 1.54) is 12.3 Å². The second-order valence-corrected chi connectivity index (χ2v) is 4.78. The molecule has 4 nitrogen and oxygen atoms in total. The summed E-state index contributed by atoms with van der Waals surface area (Å²) >= 11 is 0. The van der Waals surface area contributed by atoms with E-state index in [1.807, 2.05) is 10.7 Å². The summed E-state index contributed by atoms with van der Waals surface area (Å²) in [4.78, 5) is 3.83. The predicted molar refractivity (Wildman–Crippen MR) is 67.2 cm³/mol. The van der Waals surface area contributed by atoms with Gasteiger partial charge in [0.05, 0.1) is 5.56 Å². The van der Waals surface area contributed by atoms with E-state index < -0.39 is 11.7 Å². The Kier molecular flexibility index (Phi) is 3.11. The molecular weight excluding hydrogens is 269 g/mol. The van der Waals surface area contributed by atoms with Crippen LogP contribution >= 0.6 is 0 Å². The van der Waals surface area contributed by atoms with Gasteiger partial charge in [0.2, 0.25) is 0 Å². The third-order valence-electron chi connectivity index (χ3n) is 3.40. The third kappa shape index (κ3) is 2.48. The monoisotopic (exact) mass is 282 g/mol. The van der Waals surface area contributed by atoms with Crippen molar-refractivity contribution in [2.24, 2.45) is 0 Å². The summed E-state index contributed by atoms with van der Waals surface area (Å²) in [5.74, 6) is -0.0991. The van der Waals surface area contributed by atoms with E-state index in [4.69, 9.17) is 0 Å². The normalized spacial score (nSPS) is 18.6. The molecule has 0 aliphatic carbocycles. The van der Waals surface area contributed by atoms with E-state index in [-0.39, 0.29) is 11.9 Å². The highest BCUT2D eigenvalue weighted by molar-refractivity contribution is 5.46. The van der Waals surface area contributed by atoms with Crippen LogP contribution in [0.3, 0.4) is 0 Å². The van der Waals surface area contributed by atoms with Crippen LogP contribution in [0.2, 0.25) is 0 Å². The topological polar surface area (TPSA) is 42.7 Å². The van der Waals surface area contributed by atoms with Crippen LogP contribution in [-0.2, 0) is 19.1 Å². The fourth-order valence-corrected chi connectivity index (χ4v) is 2.43. The molecule has 20 heavy (non-hydrogen) atoms. The van der Waals surface area contributed by atoms with Crippen LogP contribution in [0.15, 0.2) is 30.6 Å². The van der Waals surface area contributed by atoms with Crippen molar-refractivity contribution in [3.8, 4) is 0 Å². The summed E-state index contributed by atoms with van der Waals surface area (Å²) in [5, 5.41) is 7.06. The van der Waals surface area contributed by atoms with Gasteiger partial charge in [-0.05, 0) is 24.6 Å². The van der Waals surface area contributed by atoms with Gasteiger partial charge in [-0.15, -0.1) is 0 Å². The van der Waals surface area contributed by atoms with Crippen molar-refractivity contribution in [2.45, 2.75) is 31.6 Å². The van der Waals surface area contributed by atoms with E-state index in [0.29, 0.717) is 13.0 Å². The lowest BCUT2D eigenvalue weighted by atomic mass is 10.0.